The van der Waals surface area contributed by atoms with E-state index in [9.17, 15) is 53.3 Å². The topological polar surface area (TPSA) is 287 Å². The van der Waals surface area contributed by atoms with E-state index in [4.69, 9.17) is 0 Å². The van der Waals surface area contributed by atoms with Crippen LogP contribution in [0.5, 0.6) is 0 Å². The molecule has 18 nitrogen and oxygen atoms in total. The molecule has 0 bridgehead atoms. The Morgan fingerprint density at radius 2 is 1.00 bits per heavy atom. The maximum atomic E-state index is 13.6. The Balaban J connectivity index is 1.12. The molecule has 7 rings (SSSR count). The van der Waals surface area contributed by atoms with E-state index in [0.29, 0.717) is 5.69 Å². The summed E-state index contributed by atoms with van der Waals surface area (Å²) in [4.78, 5) is 37.9. The van der Waals surface area contributed by atoms with Crippen LogP contribution < -0.4 is 21.5 Å². The van der Waals surface area contributed by atoms with Crippen LogP contribution in [-0.4, -0.2) is 67.9 Å². The number of carbonyl (C=O) groups is 3. The van der Waals surface area contributed by atoms with E-state index in [-0.39, 0.29) is 50.1 Å². The van der Waals surface area contributed by atoms with Gasteiger partial charge in [0.05, 0.1) is 11.4 Å². The number of nitrogens with one attached hydrogen (secondary N) is 4. The van der Waals surface area contributed by atoms with Gasteiger partial charge in [-0.25, -0.2) is 4.79 Å². The second-order valence-electron chi connectivity index (χ2n) is 12.5. The number of Topliss-reactive ketones (excluding diaryl/α,β-unsaturated/α-hetero) is 2. The van der Waals surface area contributed by atoms with Crippen molar-refractivity contribution in [3.05, 3.63) is 135 Å². The Morgan fingerprint density at radius 3 is 1.50 bits per heavy atom. The van der Waals surface area contributed by atoms with E-state index < -0.39 is 74.1 Å². The summed E-state index contributed by atoms with van der Waals surface area (Å²) in [5, 5.41) is 13.2. The third-order valence-electron chi connectivity index (χ3n) is 8.65. The lowest BCUT2D eigenvalue weighted by molar-refractivity contribution is 0.105. The van der Waals surface area contributed by atoms with Crippen LogP contribution in [0.25, 0.3) is 22.9 Å². The highest BCUT2D eigenvalue weighted by atomic mass is 32.2. The van der Waals surface area contributed by atoms with Gasteiger partial charge in [-0.2, -0.15) is 35.5 Å². The molecule has 5 aromatic carbocycles. The molecule has 0 saturated carbocycles. The highest BCUT2D eigenvalue weighted by molar-refractivity contribution is 7.91. The maximum absolute atomic E-state index is 13.6. The lowest BCUT2D eigenvalue weighted by Gasteiger charge is -2.18. The third kappa shape index (κ3) is 8.02. The molecule has 294 valence electrons. The molecule has 0 aliphatic heterocycles. The molecule has 0 atom stereocenters. The molecule has 0 unspecified atom stereocenters. The smallest absolute Gasteiger partial charge is 0.308 e. The number of rotatable bonds is 9. The summed E-state index contributed by atoms with van der Waals surface area (Å²) in [5.41, 5.74) is 4.56. The lowest BCUT2D eigenvalue weighted by atomic mass is 9.94. The molecule has 0 saturated heterocycles. The van der Waals surface area contributed by atoms with Crippen LogP contribution in [0.3, 0.4) is 0 Å². The van der Waals surface area contributed by atoms with Gasteiger partial charge in [-0.15, -0.1) is 0 Å². The van der Waals surface area contributed by atoms with Crippen molar-refractivity contribution in [1.29, 1.82) is 0 Å². The Labute approximate surface area is 328 Å². The first kappa shape index (κ1) is 39.4. The van der Waals surface area contributed by atoms with E-state index >= 15 is 0 Å². The fourth-order valence-corrected chi connectivity index (χ4v) is 8.09. The fraction of sp³-hybridized carbons (Fsp3) is 0. The van der Waals surface area contributed by atoms with Crippen molar-refractivity contribution >= 4 is 105 Å². The van der Waals surface area contributed by atoms with Gasteiger partial charge in [-0.1, -0.05) is 42.5 Å². The molecular formula is C37H26N6O12S3. The first-order valence-corrected chi connectivity index (χ1v) is 20.8. The van der Waals surface area contributed by atoms with Crippen molar-refractivity contribution in [3.8, 4) is 0 Å². The van der Waals surface area contributed by atoms with E-state index in [2.05, 4.69) is 31.7 Å². The minimum absolute atomic E-state index is 0.0216. The normalized spacial score (nSPS) is 15.6. The zero-order valence-electron chi connectivity index (χ0n) is 29.1. The van der Waals surface area contributed by atoms with Gasteiger partial charge in [0.25, 0.3) is 30.4 Å². The number of allylic oxidation sites excluding steroid dienone is 2. The van der Waals surface area contributed by atoms with Crippen molar-refractivity contribution in [1.82, 2.24) is 0 Å². The average molecular weight is 843 g/mol. The molecule has 2 amide bonds. The van der Waals surface area contributed by atoms with Gasteiger partial charge in [0.1, 0.15) is 14.7 Å². The van der Waals surface area contributed by atoms with E-state index in [1.807, 2.05) is 0 Å². The van der Waals surface area contributed by atoms with Crippen LogP contribution in [0.15, 0.2) is 128 Å². The summed E-state index contributed by atoms with van der Waals surface area (Å²) in [6, 6.07) is 23.6. The van der Waals surface area contributed by atoms with Gasteiger partial charge in [0.2, 0.25) is 11.6 Å². The van der Waals surface area contributed by atoms with E-state index in [0.717, 1.165) is 18.2 Å². The SMILES string of the molecule is O=C(Nc1ccc2c(c1)C=C(S(=O)(=O)O)C(=NNc1ccccc1)C2=O)Nc1ccc2c(c1)C=C(S(=O)(=O)O)C(=NNc1ccc(S(=O)(=O)O)c3ccccc13)C2=O. The molecule has 0 heterocycles. The number of anilines is 4. The number of hydrazone groups is 2. The first-order valence-electron chi connectivity index (χ1n) is 16.4. The molecule has 2 aliphatic rings. The summed E-state index contributed by atoms with van der Waals surface area (Å²) in [7, 11) is -14.6. The molecule has 0 radical (unpaired) electrons. The Kier molecular flexibility index (Phi) is 10.1. The van der Waals surface area contributed by atoms with Gasteiger partial charge in [-0.3, -0.25) is 34.1 Å². The van der Waals surface area contributed by atoms with Crippen LogP contribution in [-0.2, 0) is 30.4 Å². The number of benzene rings is 5. The summed E-state index contributed by atoms with van der Waals surface area (Å²) in [5.74, 6) is -1.75. The quantitative estimate of drug-likeness (QED) is 0.0711. The van der Waals surface area contributed by atoms with Crippen LogP contribution in [0.1, 0.15) is 31.8 Å². The minimum Gasteiger partial charge on any atom is -0.308 e. The highest BCUT2D eigenvalue weighted by Crippen LogP contribution is 2.32. The van der Waals surface area contributed by atoms with Gasteiger partial charge < -0.3 is 10.6 Å². The van der Waals surface area contributed by atoms with Crippen LogP contribution in [0.4, 0.5) is 27.5 Å². The van der Waals surface area contributed by atoms with Crippen molar-refractivity contribution in [2.75, 3.05) is 21.5 Å². The molecule has 0 fully saturated rings. The standard InChI is InChI=1S/C37H26N6O12S3/c44-35-25-12-10-23(16-20(25)18-31(57(50,51)52)33(35)42-40-22-6-2-1-3-7-22)38-37(46)39-24-11-13-26-21(17-24)19-32(58(53,54)55)34(36(26)45)43-41-29-14-15-30(56(47,48)49)28-9-5-4-8-27(28)29/h1-19,40-41H,(H2,38,39,46)(H,47,48,49)(H,50,51,52)(H,53,54,55). The number of ketones is 2. The molecule has 0 aromatic heterocycles. The molecule has 7 N–H and O–H groups in total. The zero-order valence-corrected chi connectivity index (χ0v) is 31.6. The molecule has 58 heavy (non-hydrogen) atoms. The van der Waals surface area contributed by atoms with E-state index in [1.54, 1.807) is 36.4 Å². The number of hydrogen-bond acceptors (Lipinski definition) is 13. The molecule has 5 aromatic rings. The van der Waals surface area contributed by atoms with Crippen LogP contribution in [0, 0.1) is 0 Å². The monoisotopic (exact) mass is 842 g/mol. The van der Waals surface area contributed by atoms with E-state index in [1.165, 1.54) is 60.7 Å². The number of para-hydroxylation sites is 1. The number of urea groups is 1. The van der Waals surface area contributed by atoms with Crippen molar-refractivity contribution < 1.29 is 53.3 Å². The van der Waals surface area contributed by atoms with Gasteiger partial charge in [-0.05, 0) is 83.9 Å². The van der Waals surface area contributed by atoms with Crippen LogP contribution in [0.2, 0.25) is 0 Å². The predicted octanol–water partition coefficient (Wildman–Crippen LogP) is 5.52. The number of carbonyl (C=O) groups excluding carboxylic acids is 3. The minimum atomic E-state index is -5.08. The largest absolute Gasteiger partial charge is 0.323 e. The van der Waals surface area contributed by atoms with Crippen molar-refractivity contribution in [2.24, 2.45) is 10.2 Å². The summed E-state index contributed by atoms with van der Waals surface area (Å²) in [6.45, 7) is 0. The average Bonchev–Trinajstić information content (AvgIpc) is 3.16. The Bertz CT molecular complexity index is 3090. The zero-order chi connectivity index (χ0) is 41.6. The molecular weight excluding hydrogens is 817 g/mol. The Morgan fingerprint density at radius 1 is 0.517 bits per heavy atom. The Hall–Kier alpha value is -6.88. The third-order valence-corrected chi connectivity index (χ3v) is 11.3. The fourth-order valence-electron chi connectivity index (χ4n) is 6.07. The highest BCUT2D eigenvalue weighted by Gasteiger charge is 2.34. The van der Waals surface area contributed by atoms with Gasteiger partial charge in [0, 0.05) is 33.3 Å². The second-order valence-corrected chi connectivity index (χ2v) is 16.6. The second kappa shape index (κ2) is 14.9. The number of fused-ring (bicyclic) bond motifs is 3. The molecule has 21 heteroatoms. The lowest BCUT2D eigenvalue weighted by Crippen LogP contribution is -2.27. The number of hydrogen-bond donors (Lipinski definition) is 7. The van der Waals surface area contributed by atoms with Gasteiger partial charge in [0.15, 0.2) is 11.4 Å². The summed E-state index contributed by atoms with van der Waals surface area (Å²) in [6.07, 6.45) is 1.98. The van der Waals surface area contributed by atoms with Crippen molar-refractivity contribution in [3.63, 3.8) is 0 Å². The van der Waals surface area contributed by atoms with Gasteiger partial charge >= 0.3 is 6.03 Å². The molecule has 0 spiro atoms. The van der Waals surface area contributed by atoms with Crippen molar-refractivity contribution in [2.45, 2.75) is 4.90 Å². The summed E-state index contributed by atoms with van der Waals surface area (Å²) >= 11 is 0. The summed E-state index contributed by atoms with van der Waals surface area (Å²) < 4.78 is 103. The van der Waals surface area contributed by atoms with Crippen LogP contribution >= 0.6 is 0 Å². The first-order chi connectivity index (χ1) is 27.4. The maximum Gasteiger partial charge on any atom is 0.323 e. The molecule has 2 aliphatic carbocycles. The predicted molar refractivity (Wildman–Crippen MR) is 216 cm³/mol. The number of nitrogens with zero attached hydrogens (tertiary/aromatic N) is 2. The number of amides is 2.